The molecule has 5 nitrogen and oxygen atoms in total. The number of carbonyl (C=O) groups is 1. The minimum Gasteiger partial charge on any atom is -0.423 e. The van der Waals surface area contributed by atoms with Gasteiger partial charge < -0.3 is 4.74 Å². The van der Waals surface area contributed by atoms with Gasteiger partial charge >= 0.3 is 5.97 Å². The first-order valence-electron chi connectivity index (χ1n) is 8.45. The molecule has 0 amide bonds. The maximum Gasteiger partial charge on any atom is 0.343 e. The molecule has 0 spiro atoms. The second kappa shape index (κ2) is 7.78. The van der Waals surface area contributed by atoms with Gasteiger partial charge in [-0.1, -0.05) is 36.7 Å². The van der Waals surface area contributed by atoms with Crippen molar-refractivity contribution < 1.29 is 17.9 Å². The molecule has 26 heavy (non-hydrogen) atoms. The number of esters is 1. The van der Waals surface area contributed by atoms with Gasteiger partial charge in [-0.05, 0) is 49.1 Å². The Balaban J connectivity index is 1.88. The third-order valence-corrected chi connectivity index (χ3v) is 6.70. The van der Waals surface area contributed by atoms with Crippen molar-refractivity contribution in [1.82, 2.24) is 4.31 Å². The quantitative estimate of drug-likeness (QED) is 0.582. The molecule has 1 aliphatic heterocycles. The zero-order valence-corrected chi connectivity index (χ0v) is 16.0. The van der Waals surface area contributed by atoms with E-state index < -0.39 is 16.0 Å². The van der Waals surface area contributed by atoms with Crippen molar-refractivity contribution in [3.63, 3.8) is 0 Å². The number of ether oxygens (including phenoxy) is 1. The van der Waals surface area contributed by atoms with Crippen LogP contribution in [0.4, 0.5) is 0 Å². The second-order valence-electron chi connectivity index (χ2n) is 6.46. The third-order valence-electron chi connectivity index (χ3n) is 4.36. The second-order valence-corrected chi connectivity index (χ2v) is 8.77. The van der Waals surface area contributed by atoms with Gasteiger partial charge in [-0.25, -0.2) is 13.2 Å². The largest absolute Gasteiger partial charge is 0.423 e. The smallest absolute Gasteiger partial charge is 0.343 e. The highest BCUT2D eigenvalue weighted by Gasteiger charge is 2.31. The molecule has 1 fully saturated rings. The van der Waals surface area contributed by atoms with Gasteiger partial charge in [0.25, 0.3) is 0 Å². The van der Waals surface area contributed by atoms with Gasteiger partial charge in [-0.3, -0.25) is 0 Å². The predicted molar refractivity (Wildman–Crippen MR) is 100 cm³/mol. The van der Waals surface area contributed by atoms with Crippen LogP contribution in [0.2, 0.25) is 5.02 Å². The first-order chi connectivity index (χ1) is 12.4. The van der Waals surface area contributed by atoms with Crippen molar-refractivity contribution in [2.45, 2.75) is 24.7 Å². The van der Waals surface area contributed by atoms with E-state index in [0.717, 1.165) is 12.8 Å². The van der Waals surface area contributed by atoms with Crippen molar-refractivity contribution in [2.75, 3.05) is 13.1 Å². The number of benzene rings is 2. The van der Waals surface area contributed by atoms with Crippen molar-refractivity contribution in [2.24, 2.45) is 5.92 Å². The monoisotopic (exact) mass is 393 g/mol. The van der Waals surface area contributed by atoms with Crippen LogP contribution >= 0.6 is 11.6 Å². The van der Waals surface area contributed by atoms with E-state index in [2.05, 4.69) is 0 Å². The number of halogens is 1. The maximum absolute atomic E-state index is 13.0. The van der Waals surface area contributed by atoms with Crippen LogP contribution in [0.1, 0.15) is 30.1 Å². The van der Waals surface area contributed by atoms with E-state index in [1.807, 2.05) is 13.0 Å². The Labute approximate surface area is 158 Å². The van der Waals surface area contributed by atoms with Crippen LogP contribution in [-0.4, -0.2) is 31.8 Å². The van der Waals surface area contributed by atoms with Crippen LogP contribution in [0.5, 0.6) is 5.75 Å². The average molecular weight is 394 g/mol. The number of para-hydroxylation sites is 1. The maximum atomic E-state index is 13.0. The summed E-state index contributed by atoms with van der Waals surface area (Å²) in [5, 5.41) is 0.0967. The lowest BCUT2D eigenvalue weighted by molar-refractivity contribution is 0.0734. The molecule has 0 N–H and O–H groups in total. The Morgan fingerprint density at radius 3 is 2.62 bits per heavy atom. The summed E-state index contributed by atoms with van der Waals surface area (Å²) in [4.78, 5) is 12.3. The number of sulfonamides is 1. The minimum atomic E-state index is -3.76. The van der Waals surface area contributed by atoms with E-state index in [0.29, 0.717) is 24.8 Å². The van der Waals surface area contributed by atoms with Crippen LogP contribution in [0.15, 0.2) is 53.4 Å². The summed E-state index contributed by atoms with van der Waals surface area (Å²) < 4.78 is 32.7. The van der Waals surface area contributed by atoms with Crippen molar-refractivity contribution in [3.05, 3.63) is 59.1 Å². The van der Waals surface area contributed by atoms with Gasteiger partial charge in [0.15, 0.2) is 0 Å². The highest BCUT2D eigenvalue weighted by Crippen LogP contribution is 2.29. The lowest BCUT2D eigenvalue weighted by Crippen LogP contribution is -2.39. The highest BCUT2D eigenvalue weighted by atomic mass is 35.5. The Hall–Kier alpha value is -1.89. The molecule has 0 aromatic heterocycles. The molecule has 1 aliphatic rings. The molecule has 0 unspecified atom stereocenters. The molecule has 0 radical (unpaired) electrons. The number of hydrogen-bond acceptors (Lipinski definition) is 4. The highest BCUT2D eigenvalue weighted by molar-refractivity contribution is 7.89. The first kappa shape index (κ1) is 18.9. The summed E-state index contributed by atoms with van der Waals surface area (Å²) in [6.07, 6.45) is 1.82. The number of hydrogen-bond donors (Lipinski definition) is 0. The summed E-state index contributed by atoms with van der Waals surface area (Å²) in [6, 6.07) is 12.8. The van der Waals surface area contributed by atoms with Gasteiger partial charge in [0.05, 0.1) is 10.6 Å². The molecular weight excluding hydrogens is 374 g/mol. The molecule has 3 rings (SSSR count). The van der Waals surface area contributed by atoms with Crippen LogP contribution < -0.4 is 4.74 Å². The third kappa shape index (κ3) is 4.09. The molecule has 138 valence electrons. The molecule has 0 aliphatic carbocycles. The van der Waals surface area contributed by atoms with E-state index in [-0.39, 0.29) is 15.5 Å². The summed E-state index contributed by atoms with van der Waals surface area (Å²) in [7, 11) is -3.76. The summed E-state index contributed by atoms with van der Waals surface area (Å²) in [5.74, 6) is 0.0570. The van der Waals surface area contributed by atoms with E-state index in [9.17, 15) is 13.2 Å². The molecule has 1 heterocycles. The fourth-order valence-corrected chi connectivity index (χ4v) is 5.08. The van der Waals surface area contributed by atoms with Crippen LogP contribution in [0.25, 0.3) is 0 Å². The van der Waals surface area contributed by atoms with E-state index >= 15 is 0 Å². The average Bonchev–Trinajstić information content (AvgIpc) is 2.62. The van der Waals surface area contributed by atoms with Crippen LogP contribution in [-0.2, 0) is 10.0 Å². The SMILES string of the molecule is C[C@H]1CCCN(S(=O)(=O)c2cc(C(=O)Oc3ccccc3)ccc2Cl)C1. The Morgan fingerprint density at radius 1 is 1.19 bits per heavy atom. The van der Waals surface area contributed by atoms with Gasteiger partial charge in [0, 0.05) is 13.1 Å². The molecular formula is C19H20ClNO4S. The van der Waals surface area contributed by atoms with Gasteiger partial charge in [-0.2, -0.15) is 4.31 Å². The molecule has 2 aromatic carbocycles. The fraction of sp³-hybridized carbons (Fsp3) is 0.316. The summed E-state index contributed by atoms with van der Waals surface area (Å²) in [6.45, 7) is 2.94. The number of carbonyl (C=O) groups excluding carboxylic acids is 1. The van der Waals surface area contributed by atoms with E-state index in [1.54, 1.807) is 24.3 Å². The zero-order chi connectivity index (χ0) is 18.7. The predicted octanol–water partition coefficient (Wildman–Crippen LogP) is 3.98. The standard InChI is InChI=1S/C19H20ClNO4S/c1-14-6-5-11-21(13-14)26(23,24)18-12-15(9-10-17(18)20)19(22)25-16-7-3-2-4-8-16/h2-4,7-10,12,14H,5-6,11,13H2,1H3/t14-/m0/s1. The first-order valence-corrected chi connectivity index (χ1v) is 10.3. The lowest BCUT2D eigenvalue weighted by Gasteiger charge is -2.30. The van der Waals surface area contributed by atoms with Gasteiger partial charge in [-0.15, -0.1) is 0 Å². The topological polar surface area (TPSA) is 63.7 Å². The fourth-order valence-electron chi connectivity index (χ4n) is 2.99. The Bertz CT molecular complexity index is 899. The minimum absolute atomic E-state index is 0.0595. The summed E-state index contributed by atoms with van der Waals surface area (Å²) >= 11 is 6.14. The van der Waals surface area contributed by atoms with Crippen LogP contribution in [0, 0.1) is 5.92 Å². The Morgan fingerprint density at radius 2 is 1.92 bits per heavy atom. The van der Waals surface area contributed by atoms with Gasteiger partial charge in [0.2, 0.25) is 10.0 Å². The van der Waals surface area contributed by atoms with Gasteiger partial charge in [0.1, 0.15) is 10.6 Å². The lowest BCUT2D eigenvalue weighted by atomic mass is 10.0. The number of piperidine rings is 1. The number of nitrogens with zero attached hydrogens (tertiary/aromatic N) is 1. The molecule has 1 atom stereocenters. The zero-order valence-electron chi connectivity index (χ0n) is 14.4. The molecule has 2 aromatic rings. The summed E-state index contributed by atoms with van der Waals surface area (Å²) in [5.41, 5.74) is 0.141. The molecule has 1 saturated heterocycles. The Kier molecular flexibility index (Phi) is 5.65. The van der Waals surface area contributed by atoms with Crippen molar-refractivity contribution in [1.29, 1.82) is 0 Å². The van der Waals surface area contributed by atoms with Crippen LogP contribution in [0.3, 0.4) is 0 Å². The molecule has 7 heteroatoms. The van der Waals surface area contributed by atoms with Crippen molar-refractivity contribution in [3.8, 4) is 5.75 Å². The van der Waals surface area contributed by atoms with E-state index in [4.69, 9.17) is 16.3 Å². The molecule has 0 bridgehead atoms. The number of rotatable bonds is 4. The van der Waals surface area contributed by atoms with Crippen molar-refractivity contribution >= 4 is 27.6 Å². The van der Waals surface area contributed by atoms with E-state index in [1.165, 1.54) is 22.5 Å². The normalized spacial score (nSPS) is 18.5. The molecule has 0 saturated carbocycles.